The number of ether oxygens (including phenoxy) is 1. The zero-order valence-corrected chi connectivity index (χ0v) is 18.9. The van der Waals surface area contributed by atoms with Crippen LogP contribution in [0.25, 0.3) is 0 Å². The number of thiazole rings is 1. The minimum absolute atomic E-state index is 0. The highest BCUT2D eigenvalue weighted by Crippen LogP contribution is 2.12. The molecule has 1 amide bonds. The number of carbonyl (C=O) groups excluding carboxylic acids is 1. The first-order valence-corrected chi connectivity index (χ1v) is 9.80. The van der Waals surface area contributed by atoms with Crippen LogP contribution < -0.4 is 10.6 Å². The van der Waals surface area contributed by atoms with Crippen molar-refractivity contribution in [3.8, 4) is 0 Å². The molecule has 1 saturated heterocycles. The third-order valence-corrected chi connectivity index (χ3v) is 5.14. The van der Waals surface area contributed by atoms with E-state index in [0.29, 0.717) is 12.6 Å². The molecule has 1 aliphatic heterocycles. The maximum Gasteiger partial charge on any atom is 0.409 e. The van der Waals surface area contributed by atoms with Crippen LogP contribution in [0.4, 0.5) is 4.79 Å². The molecule has 0 spiro atoms. The number of halogens is 1. The highest BCUT2D eigenvalue weighted by atomic mass is 127. The Labute approximate surface area is 177 Å². The summed E-state index contributed by atoms with van der Waals surface area (Å²) in [5, 5.41) is 10.1. The third kappa shape index (κ3) is 7.65. The van der Waals surface area contributed by atoms with Crippen molar-refractivity contribution in [1.82, 2.24) is 20.5 Å². The number of aromatic nitrogens is 1. The average molecular weight is 495 g/mol. The maximum atomic E-state index is 11.7. The lowest BCUT2D eigenvalue weighted by Crippen LogP contribution is -2.50. The standard InChI is InChI=1S/C17H29N5O2S.HI/c1-4-24-17(23)22-10-7-14(8-11-22)21-16(18-3)19-9-5-6-15-20-13(2)12-25-15;/h12,14H,4-11H2,1-3H3,(H2,18,19,21);1H. The Balaban J connectivity index is 0.00000338. The fourth-order valence-corrected chi connectivity index (χ4v) is 3.59. The number of aliphatic imine (C=N–C) groups is 1. The number of carbonyl (C=O) groups is 1. The Bertz CT molecular complexity index is 573. The number of rotatable bonds is 6. The molecule has 0 saturated carbocycles. The van der Waals surface area contributed by atoms with Crippen LogP contribution >= 0.6 is 35.3 Å². The lowest BCUT2D eigenvalue weighted by molar-refractivity contribution is 0.0963. The molecule has 0 radical (unpaired) electrons. The first-order valence-electron chi connectivity index (χ1n) is 8.92. The van der Waals surface area contributed by atoms with Crippen molar-refractivity contribution in [2.24, 2.45) is 4.99 Å². The molecule has 1 fully saturated rings. The van der Waals surface area contributed by atoms with Crippen molar-refractivity contribution in [2.75, 3.05) is 33.3 Å². The van der Waals surface area contributed by atoms with Crippen LogP contribution in [0.15, 0.2) is 10.4 Å². The Morgan fingerprint density at radius 2 is 2.19 bits per heavy atom. The van der Waals surface area contributed by atoms with Crippen LogP contribution in [-0.2, 0) is 11.2 Å². The number of guanidine groups is 1. The fourth-order valence-electron chi connectivity index (χ4n) is 2.77. The van der Waals surface area contributed by atoms with Crippen molar-refractivity contribution in [1.29, 1.82) is 0 Å². The van der Waals surface area contributed by atoms with Crippen LogP contribution in [0.5, 0.6) is 0 Å². The monoisotopic (exact) mass is 495 g/mol. The van der Waals surface area contributed by atoms with Crippen molar-refractivity contribution >= 4 is 47.4 Å². The number of hydrogen-bond acceptors (Lipinski definition) is 5. The Morgan fingerprint density at radius 3 is 2.77 bits per heavy atom. The lowest BCUT2D eigenvalue weighted by atomic mass is 10.1. The largest absolute Gasteiger partial charge is 0.450 e. The second kappa shape index (κ2) is 12.3. The molecule has 2 rings (SSSR count). The molecular weight excluding hydrogens is 465 g/mol. The van der Waals surface area contributed by atoms with E-state index in [2.05, 4.69) is 26.0 Å². The first kappa shape index (κ1) is 22.9. The zero-order chi connectivity index (χ0) is 18.1. The quantitative estimate of drug-likeness (QED) is 0.275. The van der Waals surface area contributed by atoms with Gasteiger partial charge in [-0.25, -0.2) is 9.78 Å². The van der Waals surface area contributed by atoms with Crippen molar-refractivity contribution in [3.63, 3.8) is 0 Å². The van der Waals surface area contributed by atoms with E-state index in [-0.39, 0.29) is 30.1 Å². The van der Waals surface area contributed by atoms with Crippen LogP contribution in [-0.4, -0.2) is 61.3 Å². The number of aryl methyl sites for hydroxylation is 2. The normalized spacial score (nSPS) is 15.3. The van der Waals surface area contributed by atoms with Gasteiger partial charge in [0.1, 0.15) is 0 Å². The zero-order valence-electron chi connectivity index (χ0n) is 15.8. The van der Waals surface area contributed by atoms with E-state index in [9.17, 15) is 4.79 Å². The molecule has 0 aromatic carbocycles. The van der Waals surface area contributed by atoms with Gasteiger partial charge in [0.05, 0.1) is 11.6 Å². The fraction of sp³-hybridized carbons (Fsp3) is 0.706. The van der Waals surface area contributed by atoms with E-state index in [1.54, 1.807) is 23.3 Å². The van der Waals surface area contributed by atoms with Gasteiger partial charge in [0.2, 0.25) is 0 Å². The number of amides is 1. The van der Waals surface area contributed by atoms with Gasteiger partial charge in [0, 0.05) is 50.2 Å². The number of nitrogens with one attached hydrogen (secondary N) is 2. The second-order valence-corrected chi connectivity index (χ2v) is 7.03. The molecule has 9 heteroatoms. The average Bonchev–Trinajstić information content (AvgIpc) is 3.03. The predicted molar refractivity (Wildman–Crippen MR) is 117 cm³/mol. The van der Waals surface area contributed by atoms with E-state index >= 15 is 0 Å². The Morgan fingerprint density at radius 1 is 1.46 bits per heavy atom. The van der Waals surface area contributed by atoms with Gasteiger partial charge >= 0.3 is 6.09 Å². The van der Waals surface area contributed by atoms with E-state index in [1.165, 1.54) is 5.01 Å². The smallest absolute Gasteiger partial charge is 0.409 e. The van der Waals surface area contributed by atoms with Crippen LogP contribution in [0.2, 0.25) is 0 Å². The topological polar surface area (TPSA) is 78.8 Å². The van der Waals surface area contributed by atoms with Gasteiger partial charge in [-0.3, -0.25) is 4.99 Å². The van der Waals surface area contributed by atoms with Crippen molar-refractivity contribution in [2.45, 2.75) is 45.6 Å². The minimum Gasteiger partial charge on any atom is -0.450 e. The van der Waals surface area contributed by atoms with Gasteiger partial charge in [0.25, 0.3) is 0 Å². The SMILES string of the molecule is CCOC(=O)N1CCC(NC(=NC)NCCCc2nc(C)cs2)CC1.I. The van der Waals surface area contributed by atoms with Gasteiger partial charge in [-0.05, 0) is 33.1 Å². The summed E-state index contributed by atoms with van der Waals surface area (Å²) in [5.41, 5.74) is 1.10. The molecule has 1 aromatic heterocycles. The molecule has 148 valence electrons. The molecule has 0 unspecified atom stereocenters. The molecule has 26 heavy (non-hydrogen) atoms. The summed E-state index contributed by atoms with van der Waals surface area (Å²) in [6, 6.07) is 0.332. The third-order valence-electron chi connectivity index (χ3n) is 4.11. The molecule has 0 bridgehead atoms. The molecule has 0 atom stereocenters. The Kier molecular flexibility index (Phi) is 10.9. The van der Waals surface area contributed by atoms with Crippen LogP contribution in [0, 0.1) is 6.92 Å². The highest BCUT2D eigenvalue weighted by molar-refractivity contribution is 14.0. The van der Waals surface area contributed by atoms with Crippen LogP contribution in [0.3, 0.4) is 0 Å². The summed E-state index contributed by atoms with van der Waals surface area (Å²) in [4.78, 5) is 22.3. The first-order chi connectivity index (χ1) is 12.1. The van der Waals surface area contributed by atoms with Crippen LogP contribution in [0.1, 0.15) is 36.9 Å². The summed E-state index contributed by atoms with van der Waals surface area (Å²) in [6.45, 7) is 6.58. The van der Waals surface area contributed by atoms with Gasteiger partial charge in [-0.1, -0.05) is 0 Å². The summed E-state index contributed by atoms with van der Waals surface area (Å²) >= 11 is 1.72. The van der Waals surface area contributed by atoms with E-state index in [0.717, 1.165) is 57.0 Å². The number of hydrogen-bond donors (Lipinski definition) is 2. The van der Waals surface area contributed by atoms with Gasteiger partial charge < -0.3 is 20.3 Å². The molecular formula is C17H30IN5O2S. The predicted octanol–water partition coefficient (Wildman–Crippen LogP) is 2.79. The molecule has 2 heterocycles. The maximum absolute atomic E-state index is 11.7. The van der Waals surface area contributed by atoms with Crippen molar-refractivity contribution in [3.05, 3.63) is 16.1 Å². The summed E-state index contributed by atoms with van der Waals surface area (Å²) in [5.74, 6) is 0.824. The highest BCUT2D eigenvalue weighted by Gasteiger charge is 2.23. The Hall–Kier alpha value is -1.10. The van der Waals surface area contributed by atoms with E-state index in [1.807, 2.05) is 13.8 Å². The van der Waals surface area contributed by atoms with Gasteiger partial charge in [-0.15, -0.1) is 35.3 Å². The second-order valence-electron chi connectivity index (χ2n) is 6.09. The minimum atomic E-state index is -0.208. The number of likely N-dealkylation sites (tertiary alicyclic amines) is 1. The molecule has 2 N–H and O–H groups in total. The van der Waals surface area contributed by atoms with Gasteiger partial charge in [0.15, 0.2) is 5.96 Å². The number of piperidine rings is 1. The summed E-state index contributed by atoms with van der Waals surface area (Å²) in [7, 11) is 1.78. The van der Waals surface area contributed by atoms with E-state index in [4.69, 9.17) is 4.74 Å². The summed E-state index contributed by atoms with van der Waals surface area (Å²) in [6.07, 6.45) is 3.60. The molecule has 0 aliphatic carbocycles. The molecule has 1 aliphatic rings. The van der Waals surface area contributed by atoms with Gasteiger partial charge in [-0.2, -0.15) is 0 Å². The lowest BCUT2D eigenvalue weighted by Gasteiger charge is -2.32. The van der Waals surface area contributed by atoms with Crippen molar-refractivity contribution < 1.29 is 9.53 Å². The molecule has 7 nitrogen and oxygen atoms in total. The van der Waals surface area contributed by atoms with E-state index < -0.39 is 0 Å². The summed E-state index contributed by atoms with van der Waals surface area (Å²) < 4.78 is 5.05. The number of nitrogens with zero attached hydrogens (tertiary/aromatic N) is 3. The molecule has 1 aromatic rings.